The lowest BCUT2D eigenvalue weighted by Gasteiger charge is -2.23. The van der Waals surface area contributed by atoms with Crippen molar-refractivity contribution in [3.05, 3.63) is 81.4 Å². The first-order chi connectivity index (χ1) is 12.7. The number of nitrogens with zero attached hydrogens (tertiary/aromatic N) is 2. The number of halogens is 1. The van der Waals surface area contributed by atoms with Gasteiger partial charge in [0.05, 0.1) is 5.71 Å². The zero-order valence-electron chi connectivity index (χ0n) is 14.5. The van der Waals surface area contributed by atoms with Crippen LogP contribution in [0.5, 0.6) is 0 Å². The van der Waals surface area contributed by atoms with Gasteiger partial charge in [-0.05, 0) is 61.8 Å². The molecule has 0 amide bonds. The number of aliphatic imine (C=N–C) groups is 1. The average molecular weight is 366 g/mol. The summed E-state index contributed by atoms with van der Waals surface area (Å²) in [5.74, 6) is 0.526. The van der Waals surface area contributed by atoms with Crippen LogP contribution in [-0.4, -0.2) is 23.9 Å². The van der Waals surface area contributed by atoms with Gasteiger partial charge in [0.1, 0.15) is 23.8 Å². The van der Waals surface area contributed by atoms with Gasteiger partial charge < -0.3 is 5.32 Å². The van der Waals surface area contributed by atoms with Crippen molar-refractivity contribution in [1.29, 1.82) is 0 Å². The minimum absolute atomic E-state index is 0.0975. The molecule has 26 heavy (non-hydrogen) atoms. The Morgan fingerprint density at radius 3 is 2.62 bits per heavy atom. The highest BCUT2D eigenvalue weighted by atomic mass is 32.1. The number of aryl methyl sites for hydroxylation is 1. The van der Waals surface area contributed by atoms with Crippen molar-refractivity contribution in [2.24, 2.45) is 4.99 Å². The Hall–Kier alpha value is -2.57. The van der Waals surface area contributed by atoms with Gasteiger partial charge in [-0.25, -0.2) is 9.37 Å². The summed E-state index contributed by atoms with van der Waals surface area (Å²) in [7, 11) is 1.91. The summed E-state index contributed by atoms with van der Waals surface area (Å²) >= 11 is 1.67. The first-order valence-corrected chi connectivity index (χ1v) is 9.32. The highest BCUT2D eigenvalue weighted by Gasteiger charge is 2.29. The highest BCUT2D eigenvalue weighted by molar-refractivity contribution is 7.10. The van der Waals surface area contributed by atoms with Crippen LogP contribution in [0.4, 0.5) is 10.2 Å². The van der Waals surface area contributed by atoms with E-state index in [4.69, 9.17) is 4.99 Å². The fourth-order valence-electron chi connectivity index (χ4n) is 3.12. The molecule has 0 aliphatic carbocycles. The molecule has 3 aromatic rings. The Bertz CT molecular complexity index is 935. The van der Waals surface area contributed by atoms with E-state index >= 15 is 0 Å². The van der Waals surface area contributed by atoms with Crippen molar-refractivity contribution in [3.63, 3.8) is 0 Å². The second kappa shape index (κ2) is 6.97. The lowest BCUT2D eigenvalue weighted by Crippen LogP contribution is -2.38. The summed E-state index contributed by atoms with van der Waals surface area (Å²) in [6.45, 7) is 1.96. The molecule has 3 heterocycles. The van der Waals surface area contributed by atoms with Gasteiger partial charge in [0.15, 0.2) is 0 Å². The van der Waals surface area contributed by atoms with Crippen LogP contribution < -0.4 is 10.6 Å². The molecule has 0 spiro atoms. The fraction of sp³-hybridized carbons (Fsp3) is 0.200. The molecular formula is C20H19FN4S. The number of benzene rings is 1. The number of thiophene rings is 1. The van der Waals surface area contributed by atoms with Crippen molar-refractivity contribution in [3.8, 4) is 0 Å². The van der Waals surface area contributed by atoms with Crippen molar-refractivity contribution < 1.29 is 4.39 Å². The second-order valence-corrected chi connectivity index (χ2v) is 7.18. The van der Waals surface area contributed by atoms with E-state index in [9.17, 15) is 4.39 Å². The average Bonchev–Trinajstić information content (AvgIpc) is 3.12. The van der Waals surface area contributed by atoms with E-state index in [1.165, 1.54) is 12.1 Å². The van der Waals surface area contributed by atoms with E-state index in [1.807, 2.05) is 32.2 Å². The number of likely N-dealkylation sites (N-methyl/N-ethyl adjacent to an activating group) is 1. The molecule has 0 bridgehead atoms. The van der Waals surface area contributed by atoms with Crippen LogP contribution in [0.2, 0.25) is 0 Å². The molecule has 4 rings (SSSR count). The first-order valence-electron chi connectivity index (χ1n) is 8.44. The van der Waals surface area contributed by atoms with E-state index < -0.39 is 0 Å². The quantitative estimate of drug-likeness (QED) is 0.732. The van der Waals surface area contributed by atoms with Crippen molar-refractivity contribution >= 4 is 22.9 Å². The summed E-state index contributed by atoms with van der Waals surface area (Å²) in [6, 6.07) is 14.5. The normalized spacial score (nSPS) is 19.3. The minimum Gasteiger partial charge on any atom is -0.352 e. The molecule has 1 aromatic carbocycles. The van der Waals surface area contributed by atoms with E-state index in [2.05, 4.69) is 27.1 Å². The summed E-state index contributed by atoms with van der Waals surface area (Å²) in [5.41, 5.74) is 3.54. The largest absolute Gasteiger partial charge is 0.352 e. The SMILES string of the molecule is CNC1Nc2nc(C)ccc2C(c2ccc(F)cc2)=NC1c1cccs1. The van der Waals surface area contributed by atoms with Gasteiger partial charge in [-0.15, -0.1) is 11.3 Å². The van der Waals surface area contributed by atoms with E-state index in [1.54, 1.807) is 23.5 Å². The number of pyridine rings is 1. The smallest absolute Gasteiger partial charge is 0.137 e. The van der Waals surface area contributed by atoms with Crippen LogP contribution in [0.1, 0.15) is 27.7 Å². The topological polar surface area (TPSA) is 49.3 Å². The Balaban J connectivity index is 1.92. The maximum atomic E-state index is 13.4. The highest BCUT2D eigenvalue weighted by Crippen LogP contribution is 2.33. The third-order valence-corrected chi connectivity index (χ3v) is 5.37. The van der Waals surface area contributed by atoms with Gasteiger partial charge >= 0.3 is 0 Å². The molecule has 1 aliphatic rings. The van der Waals surface area contributed by atoms with Crippen molar-refractivity contribution in [2.45, 2.75) is 19.1 Å². The van der Waals surface area contributed by atoms with Crippen LogP contribution >= 0.6 is 11.3 Å². The molecule has 0 fully saturated rings. The molecule has 6 heteroatoms. The fourth-order valence-corrected chi connectivity index (χ4v) is 3.92. The Kier molecular flexibility index (Phi) is 4.53. The third-order valence-electron chi connectivity index (χ3n) is 4.43. The Morgan fingerprint density at radius 2 is 1.92 bits per heavy atom. The predicted octanol–water partition coefficient (Wildman–Crippen LogP) is 4.14. The zero-order valence-corrected chi connectivity index (χ0v) is 15.3. The van der Waals surface area contributed by atoms with Crippen molar-refractivity contribution in [2.75, 3.05) is 12.4 Å². The van der Waals surface area contributed by atoms with Gasteiger partial charge in [0, 0.05) is 21.7 Å². The number of hydrogen-bond donors (Lipinski definition) is 2. The van der Waals surface area contributed by atoms with Crippen LogP contribution in [0.25, 0.3) is 0 Å². The van der Waals surface area contributed by atoms with Crippen LogP contribution in [0, 0.1) is 12.7 Å². The molecule has 0 radical (unpaired) electrons. The maximum absolute atomic E-state index is 13.4. The number of nitrogens with one attached hydrogen (secondary N) is 2. The number of anilines is 1. The Labute approximate surface area is 155 Å². The van der Waals surface area contributed by atoms with E-state index in [0.29, 0.717) is 0 Å². The molecule has 4 nitrogen and oxygen atoms in total. The molecule has 0 saturated heterocycles. The summed E-state index contributed by atoms with van der Waals surface area (Å²) < 4.78 is 13.4. The number of fused-ring (bicyclic) bond motifs is 1. The Morgan fingerprint density at radius 1 is 1.12 bits per heavy atom. The van der Waals surface area contributed by atoms with E-state index in [-0.39, 0.29) is 18.0 Å². The van der Waals surface area contributed by atoms with Gasteiger partial charge in [-0.2, -0.15) is 0 Å². The summed E-state index contributed by atoms with van der Waals surface area (Å²) in [6.07, 6.45) is -0.0975. The molecular weight excluding hydrogens is 347 g/mol. The number of hydrogen-bond acceptors (Lipinski definition) is 5. The lowest BCUT2D eigenvalue weighted by atomic mass is 10.0. The van der Waals surface area contributed by atoms with Crippen LogP contribution in [0.15, 0.2) is 58.9 Å². The minimum atomic E-state index is -0.258. The van der Waals surface area contributed by atoms with Crippen LogP contribution in [0.3, 0.4) is 0 Å². The van der Waals surface area contributed by atoms with Crippen LogP contribution in [-0.2, 0) is 0 Å². The molecule has 1 aliphatic heterocycles. The number of rotatable bonds is 3. The second-order valence-electron chi connectivity index (χ2n) is 6.20. The predicted molar refractivity (Wildman–Crippen MR) is 105 cm³/mol. The maximum Gasteiger partial charge on any atom is 0.137 e. The van der Waals surface area contributed by atoms with Gasteiger partial charge in [0.2, 0.25) is 0 Å². The third kappa shape index (κ3) is 3.13. The zero-order chi connectivity index (χ0) is 18.1. The molecule has 132 valence electrons. The standard InChI is InChI=1S/C20H19FN4S/c1-12-5-10-15-17(13-6-8-14(21)9-7-13)24-18(16-4-3-11-26-16)20(22-2)25-19(15)23-12/h3-11,18,20,22H,1-2H3,(H,23,25). The lowest BCUT2D eigenvalue weighted by molar-refractivity contribution is 0.528. The molecule has 2 atom stereocenters. The molecule has 2 unspecified atom stereocenters. The van der Waals surface area contributed by atoms with E-state index in [0.717, 1.165) is 33.2 Å². The van der Waals surface area contributed by atoms with Gasteiger partial charge in [-0.3, -0.25) is 10.3 Å². The molecule has 0 saturated carbocycles. The number of aromatic nitrogens is 1. The van der Waals surface area contributed by atoms with Gasteiger partial charge in [-0.1, -0.05) is 6.07 Å². The van der Waals surface area contributed by atoms with Crippen molar-refractivity contribution in [1.82, 2.24) is 10.3 Å². The molecule has 2 aromatic heterocycles. The monoisotopic (exact) mass is 366 g/mol. The summed E-state index contributed by atoms with van der Waals surface area (Å²) in [5, 5.41) is 8.86. The first kappa shape index (κ1) is 16.9. The molecule has 2 N–H and O–H groups in total. The van der Waals surface area contributed by atoms with Gasteiger partial charge in [0.25, 0.3) is 0 Å². The summed E-state index contributed by atoms with van der Waals surface area (Å²) in [4.78, 5) is 10.9.